The van der Waals surface area contributed by atoms with Crippen molar-refractivity contribution >= 4 is 31.1 Å². The first-order valence-electron chi connectivity index (χ1n) is 6.76. The molecule has 0 amide bonds. The Hall–Kier alpha value is -0.930. The van der Waals surface area contributed by atoms with E-state index in [1.165, 1.54) is 6.92 Å². The van der Waals surface area contributed by atoms with Gasteiger partial charge in [-0.05, 0) is 44.5 Å². The van der Waals surface area contributed by atoms with Crippen LogP contribution in [0, 0.1) is 0 Å². The van der Waals surface area contributed by atoms with Crippen LogP contribution in [0.25, 0.3) is 6.08 Å². The van der Waals surface area contributed by atoms with E-state index in [4.69, 9.17) is 20.6 Å². The molecule has 0 radical (unpaired) electrons. The SMILES string of the molecule is CCOP(=O)(OCC)/C(=C/c1ccc(Cl)cc1)CC(C)=O. The van der Waals surface area contributed by atoms with Crippen LogP contribution in [-0.2, 0) is 18.4 Å². The molecule has 0 saturated heterocycles. The first-order chi connectivity index (χ1) is 9.91. The van der Waals surface area contributed by atoms with Crippen LogP contribution in [-0.4, -0.2) is 19.0 Å². The van der Waals surface area contributed by atoms with Crippen molar-refractivity contribution in [2.45, 2.75) is 27.2 Å². The fraction of sp³-hybridized carbons (Fsp3) is 0.400. The van der Waals surface area contributed by atoms with Crippen molar-refractivity contribution in [3.63, 3.8) is 0 Å². The quantitative estimate of drug-likeness (QED) is 0.634. The molecule has 0 aromatic heterocycles. The summed E-state index contributed by atoms with van der Waals surface area (Å²) in [6.07, 6.45) is 1.70. The maximum atomic E-state index is 12.8. The number of benzene rings is 1. The highest BCUT2D eigenvalue weighted by atomic mass is 35.5. The standard InChI is InChI=1S/C15H20ClO4P/c1-4-19-21(18,20-5-2)15(10-12(3)17)11-13-6-8-14(16)9-7-13/h6-9,11H,4-5,10H2,1-3H3/b15-11+. The van der Waals surface area contributed by atoms with Crippen molar-refractivity contribution in [1.82, 2.24) is 0 Å². The number of carbonyl (C=O) groups is 1. The molecule has 0 atom stereocenters. The Morgan fingerprint density at radius 2 is 1.71 bits per heavy atom. The predicted molar refractivity (Wildman–Crippen MR) is 85.6 cm³/mol. The topological polar surface area (TPSA) is 52.6 Å². The molecule has 0 saturated carbocycles. The summed E-state index contributed by atoms with van der Waals surface area (Å²) in [5.74, 6) is -0.102. The predicted octanol–water partition coefficient (Wildman–Crippen LogP) is 4.93. The summed E-state index contributed by atoms with van der Waals surface area (Å²) in [7, 11) is -3.45. The first-order valence-corrected chi connectivity index (χ1v) is 8.68. The second-order valence-electron chi connectivity index (χ2n) is 4.40. The van der Waals surface area contributed by atoms with Crippen LogP contribution in [0.15, 0.2) is 29.6 Å². The van der Waals surface area contributed by atoms with E-state index in [2.05, 4.69) is 0 Å². The Kier molecular flexibility index (Phi) is 7.33. The zero-order valence-corrected chi connectivity index (χ0v) is 14.1. The highest BCUT2D eigenvalue weighted by Gasteiger charge is 2.30. The number of hydrogen-bond acceptors (Lipinski definition) is 4. The average Bonchev–Trinajstić information content (AvgIpc) is 2.40. The van der Waals surface area contributed by atoms with E-state index >= 15 is 0 Å². The Labute approximate surface area is 130 Å². The highest BCUT2D eigenvalue weighted by Crippen LogP contribution is 2.57. The maximum absolute atomic E-state index is 12.8. The number of halogens is 1. The van der Waals surface area contributed by atoms with E-state index in [1.807, 2.05) is 0 Å². The minimum Gasteiger partial charge on any atom is -0.306 e. The van der Waals surface area contributed by atoms with Crippen molar-refractivity contribution in [1.29, 1.82) is 0 Å². The summed E-state index contributed by atoms with van der Waals surface area (Å²) in [6.45, 7) is 5.40. The van der Waals surface area contributed by atoms with Gasteiger partial charge >= 0.3 is 7.60 Å². The molecule has 6 heteroatoms. The van der Waals surface area contributed by atoms with Crippen molar-refractivity contribution < 1.29 is 18.4 Å². The van der Waals surface area contributed by atoms with E-state index in [0.29, 0.717) is 10.3 Å². The monoisotopic (exact) mass is 330 g/mol. The van der Waals surface area contributed by atoms with Gasteiger partial charge in [0.15, 0.2) is 0 Å². The molecule has 21 heavy (non-hydrogen) atoms. The summed E-state index contributed by atoms with van der Waals surface area (Å²) < 4.78 is 23.5. The summed E-state index contributed by atoms with van der Waals surface area (Å²) in [6, 6.07) is 7.02. The third-order valence-corrected chi connectivity index (χ3v) is 5.02. The van der Waals surface area contributed by atoms with Gasteiger partial charge in [0.25, 0.3) is 0 Å². The van der Waals surface area contributed by atoms with Crippen LogP contribution in [0.4, 0.5) is 0 Å². The lowest BCUT2D eigenvalue weighted by molar-refractivity contribution is -0.116. The Bertz CT molecular complexity index is 541. The molecule has 0 spiro atoms. The number of carbonyl (C=O) groups excluding carboxylic acids is 1. The van der Waals surface area contributed by atoms with Crippen LogP contribution in [0.3, 0.4) is 0 Å². The van der Waals surface area contributed by atoms with Gasteiger partial charge in [0.2, 0.25) is 0 Å². The van der Waals surface area contributed by atoms with Crippen LogP contribution in [0.5, 0.6) is 0 Å². The molecule has 0 heterocycles. The second kappa shape index (κ2) is 8.50. The van der Waals surface area contributed by atoms with Crippen LogP contribution in [0.2, 0.25) is 5.02 Å². The fourth-order valence-corrected chi connectivity index (χ4v) is 3.71. The van der Waals surface area contributed by atoms with Gasteiger partial charge in [0.1, 0.15) is 5.78 Å². The molecule has 0 aliphatic carbocycles. The number of allylic oxidation sites excluding steroid dienone is 1. The van der Waals surface area contributed by atoms with Crippen molar-refractivity contribution in [2.75, 3.05) is 13.2 Å². The summed E-state index contributed by atoms with van der Waals surface area (Å²) >= 11 is 5.84. The van der Waals surface area contributed by atoms with Crippen LogP contribution < -0.4 is 0 Å². The summed E-state index contributed by atoms with van der Waals surface area (Å²) in [5.41, 5.74) is 0.787. The van der Waals surface area contributed by atoms with Gasteiger partial charge in [-0.3, -0.25) is 9.36 Å². The lowest BCUT2D eigenvalue weighted by Crippen LogP contribution is -2.02. The molecule has 1 aromatic carbocycles. The molecular formula is C15H20ClO4P. The molecule has 0 unspecified atom stereocenters. The van der Waals surface area contributed by atoms with Gasteiger partial charge in [0, 0.05) is 16.8 Å². The first kappa shape index (κ1) is 18.1. The molecule has 4 nitrogen and oxygen atoms in total. The molecule has 0 bridgehead atoms. The molecule has 0 fully saturated rings. The molecule has 0 aliphatic heterocycles. The third kappa shape index (κ3) is 5.76. The smallest absolute Gasteiger partial charge is 0.306 e. The molecule has 116 valence electrons. The fourth-order valence-electron chi connectivity index (χ4n) is 1.78. The van der Waals surface area contributed by atoms with Gasteiger partial charge in [-0.1, -0.05) is 23.7 Å². The molecule has 1 rings (SSSR count). The van der Waals surface area contributed by atoms with E-state index < -0.39 is 7.60 Å². The number of rotatable bonds is 8. The summed E-state index contributed by atoms with van der Waals surface area (Å²) in [4.78, 5) is 11.5. The normalized spacial score (nSPS) is 12.5. The van der Waals surface area contributed by atoms with Gasteiger partial charge in [0.05, 0.1) is 13.2 Å². The molecule has 0 aliphatic rings. The van der Waals surface area contributed by atoms with E-state index in [0.717, 1.165) is 5.56 Å². The minimum atomic E-state index is -3.45. The molecule has 0 N–H and O–H groups in total. The lowest BCUT2D eigenvalue weighted by Gasteiger charge is -2.19. The average molecular weight is 331 g/mol. The van der Waals surface area contributed by atoms with Gasteiger partial charge in [-0.2, -0.15) is 0 Å². The Morgan fingerprint density at radius 1 is 1.19 bits per heavy atom. The number of Topliss-reactive ketones (excluding diaryl/α,β-unsaturated/α-hetero) is 1. The second-order valence-corrected chi connectivity index (χ2v) is 6.92. The van der Waals surface area contributed by atoms with Gasteiger partial charge in [-0.25, -0.2) is 0 Å². The maximum Gasteiger partial charge on any atom is 0.357 e. The Morgan fingerprint density at radius 3 is 2.14 bits per heavy atom. The van der Waals surface area contributed by atoms with E-state index in [1.54, 1.807) is 44.2 Å². The van der Waals surface area contributed by atoms with E-state index in [9.17, 15) is 9.36 Å². The molecular weight excluding hydrogens is 311 g/mol. The Balaban J connectivity index is 3.22. The van der Waals surface area contributed by atoms with Gasteiger partial charge in [-0.15, -0.1) is 0 Å². The van der Waals surface area contributed by atoms with Crippen molar-refractivity contribution in [3.8, 4) is 0 Å². The number of hydrogen-bond donors (Lipinski definition) is 0. The van der Waals surface area contributed by atoms with Crippen molar-refractivity contribution in [2.24, 2.45) is 0 Å². The van der Waals surface area contributed by atoms with Gasteiger partial charge < -0.3 is 9.05 Å². The van der Waals surface area contributed by atoms with Crippen LogP contribution in [0.1, 0.15) is 32.8 Å². The van der Waals surface area contributed by atoms with E-state index in [-0.39, 0.29) is 25.4 Å². The van der Waals surface area contributed by atoms with Crippen molar-refractivity contribution in [3.05, 3.63) is 40.2 Å². The number of ketones is 1. The summed E-state index contributed by atoms with van der Waals surface area (Å²) in [5, 5.41) is 0.971. The highest BCUT2D eigenvalue weighted by molar-refractivity contribution is 7.58. The zero-order valence-electron chi connectivity index (χ0n) is 12.5. The molecule has 1 aromatic rings. The van der Waals surface area contributed by atoms with Crippen LogP contribution >= 0.6 is 19.2 Å². The third-order valence-electron chi connectivity index (χ3n) is 2.58. The lowest BCUT2D eigenvalue weighted by atomic mass is 10.2. The zero-order chi connectivity index (χ0) is 15.9. The largest absolute Gasteiger partial charge is 0.357 e. The minimum absolute atomic E-state index is 0.0277.